The van der Waals surface area contributed by atoms with Crippen LogP contribution in [0.4, 0.5) is 5.69 Å². The van der Waals surface area contributed by atoms with Crippen molar-refractivity contribution in [2.45, 2.75) is 24.1 Å². The molecular formula is C17H16N2O7. The largest absolute Gasteiger partial charge is 0.481 e. The molecule has 1 aromatic rings. The molecule has 0 saturated carbocycles. The maximum absolute atomic E-state index is 12.0. The number of nitrogens with zero attached hydrogens (tertiary/aromatic N) is 2. The van der Waals surface area contributed by atoms with E-state index in [1.807, 2.05) is 0 Å². The zero-order valence-corrected chi connectivity index (χ0v) is 13.4. The molecule has 0 fully saturated rings. The lowest BCUT2D eigenvalue weighted by atomic mass is 9.89. The van der Waals surface area contributed by atoms with E-state index >= 15 is 0 Å². The van der Waals surface area contributed by atoms with Crippen LogP contribution in [0.2, 0.25) is 0 Å². The number of hydrogen-bond acceptors (Lipinski definition) is 6. The first-order valence-corrected chi connectivity index (χ1v) is 7.69. The highest BCUT2D eigenvalue weighted by Gasteiger charge is 2.56. The summed E-state index contributed by atoms with van der Waals surface area (Å²) in [4.78, 5) is 34.8. The maximum Gasteiger partial charge on any atom is 0.339 e. The van der Waals surface area contributed by atoms with Gasteiger partial charge in [0.15, 0.2) is 6.04 Å². The lowest BCUT2D eigenvalue weighted by Gasteiger charge is -2.41. The number of carboxylic acids is 3. The van der Waals surface area contributed by atoms with Gasteiger partial charge in [-0.15, -0.1) is 0 Å². The molecule has 0 bridgehead atoms. The Morgan fingerprint density at radius 2 is 1.81 bits per heavy atom. The predicted octanol–water partition coefficient (Wildman–Crippen LogP) is 0.592. The number of benzene rings is 1. The van der Waals surface area contributed by atoms with Crippen molar-refractivity contribution in [1.29, 1.82) is 0 Å². The van der Waals surface area contributed by atoms with Crippen LogP contribution in [0, 0.1) is 0 Å². The lowest BCUT2D eigenvalue weighted by molar-refractivity contribution is -0.174. The molecule has 3 atom stereocenters. The summed E-state index contributed by atoms with van der Waals surface area (Å²) in [5, 5.41) is 41.4. The molecule has 0 amide bonds. The minimum atomic E-state index is -3.05. The topological polar surface area (TPSA) is 139 Å². The highest BCUT2D eigenvalue weighted by atomic mass is 16.4. The molecule has 136 valence electrons. The van der Waals surface area contributed by atoms with Gasteiger partial charge in [0.1, 0.15) is 0 Å². The summed E-state index contributed by atoms with van der Waals surface area (Å²) in [6.07, 6.45) is 5.46. The lowest BCUT2D eigenvalue weighted by Crippen LogP contribution is -2.64. The van der Waals surface area contributed by atoms with Crippen molar-refractivity contribution in [3.05, 3.63) is 54.3 Å². The normalized spacial score (nSPS) is 20.9. The van der Waals surface area contributed by atoms with Gasteiger partial charge in [0.2, 0.25) is 5.60 Å². The molecule has 2 aliphatic rings. The first-order chi connectivity index (χ1) is 12.3. The van der Waals surface area contributed by atoms with Gasteiger partial charge in [0, 0.05) is 11.8 Å². The molecule has 3 unspecified atom stereocenters. The fraction of sp³-hybridized carbons (Fsp3) is 0.235. The number of rotatable bonds is 6. The minimum Gasteiger partial charge on any atom is -0.481 e. The number of aliphatic hydroxyl groups is 1. The van der Waals surface area contributed by atoms with Crippen molar-refractivity contribution < 1.29 is 34.8 Å². The summed E-state index contributed by atoms with van der Waals surface area (Å²) in [7, 11) is 0. The van der Waals surface area contributed by atoms with Gasteiger partial charge in [-0.25, -0.2) is 9.59 Å². The number of para-hydroxylation sites is 1. The molecule has 9 nitrogen and oxygen atoms in total. The average molecular weight is 360 g/mol. The average Bonchev–Trinajstić information content (AvgIpc) is 2.89. The molecule has 9 heteroatoms. The number of allylic oxidation sites excluding steroid dienone is 2. The van der Waals surface area contributed by atoms with Crippen LogP contribution in [0.15, 0.2) is 48.7 Å². The fourth-order valence-corrected chi connectivity index (χ4v) is 3.31. The van der Waals surface area contributed by atoms with Crippen LogP contribution in [0.3, 0.4) is 0 Å². The number of hydrazine groups is 1. The minimum absolute atomic E-state index is 0.381. The van der Waals surface area contributed by atoms with Crippen molar-refractivity contribution in [3.8, 4) is 0 Å². The monoisotopic (exact) mass is 360 g/mol. The molecule has 0 saturated heterocycles. The molecule has 0 spiro atoms. The highest BCUT2D eigenvalue weighted by molar-refractivity contribution is 5.94. The van der Waals surface area contributed by atoms with Gasteiger partial charge in [0.25, 0.3) is 0 Å². The molecule has 2 aliphatic heterocycles. The molecule has 1 aromatic carbocycles. The SMILES string of the molecule is O=C(O)CC(O)(C(=O)O)C(C(=O)O)N1c2ccccc2C2C=CC=CN21. The summed E-state index contributed by atoms with van der Waals surface area (Å²) in [6.45, 7) is 0. The van der Waals surface area contributed by atoms with Crippen LogP contribution >= 0.6 is 0 Å². The zero-order valence-electron chi connectivity index (χ0n) is 13.4. The summed E-state index contributed by atoms with van der Waals surface area (Å²) in [5.74, 6) is -5.21. The van der Waals surface area contributed by atoms with Gasteiger partial charge in [-0.3, -0.25) is 14.8 Å². The van der Waals surface area contributed by atoms with Gasteiger partial charge < -0.3 is 20.4 Å². The van der Waals surface area contributed by atoms with Crippen molar-refractivity contribution in [1.82, 2.24) is 5.01 Å². The van der Waals surface area contributed by atoms with E-state index in [9.17, 15) is 29.7 Å². The summed E-state index contributed by atoms with van der Waals surface area (Å²) >= 11 is 0. The van der Waals surface area contributed by atoms with Crippen molar-refractivity contribution in [3.63, 3.8) is 0 Å². The number of fused-ring (bicyclic) bond motifs is 3. The molecule has 3 rings (SSSR count). The third kappa shape index (κ3) is 2.58. The van der Waals surface area contributed by atoms with Crippen LogP contribution in [-0.2, 0) is 14.4 Å². The molecule has 4 N–H and O–H groups in total. The van der Waals surface area contributed by atoms with E-state index in [0.29, 0.717) is 11.3 Å². The quantitative estimate of drug-likeness (QED) is 0.574. The molecular weight excluding hydrogens is 344 g/mol. The first kappa shape index (κ1) is 17.5. The number of aliphatic carboxylic acids is 3. The van der Waals surface area contributed by atoms with E-state index in [-0.39, 0.29) is 6.04 Å². The molecule has 0 aromatic heterocycles. The van der Waals surface area contributed by atoms with Crippen molar-refractivity contribution in [2.24, 2.45) is 0 Å². The van der Waals surface area contributed by atoms with Crippen LogP contribution in [0.5, 0.6) is 0 Å². The van der Waals surface area contributed by atoms with E-state index < -0.39 is 36.0 Å². The van der Waals surface area contributed by atoms with E-state index in [4.69, 9.17) is 5.11 Å². The first-order valence-electron chi connectivity index (χ1n) is 7.69. The number of carbonyl (C=O) groups is 3. The summed E-state index contributed by atoms with van der Waals surface area (Å²) in [5.41, 5.74) is -1.96. The predicted molar refractivity (Wildman–Crippen MR) is 88.0 cm³/mol. The highest BCUT2D eigenvalue weighted by Crippen LogP contribution is 2.45. The van der Waals surface area contributed by atoms with Gasteiger partial charge in [-0.05, 0) is 12.1 Å². The Morgan fingerprint density at radius 1 is 1.12 bits per heavy atom. The van der Waals surface area contributed by atoms with Gasteiger partial charge in [-0.2, -0.15) is 0 Å². The number of anilines is 1. The fourth-order valence-electron chi connectivity index (χ4n) is 3.31. The third-order valence-electron chi connectivity index (χ3n) is 4.40. The Labute approximate surface area is 147 Å². The second kappa shape index (κ2) is 6.19. The second-order valence-electron chi connectivity index (χ2n) is 6.00. The molecule has 26 heavy (non-hydrogen) atoms. The Kier molecular flexibility index (Phi) is 4.17. The van der Waals surface area contributed by atoms with Crippen LogP contribution in [0.25, 0.3) is 0 Å². The maximum atomic E-state index is 12.0. The second-order valence-corrected chi connectivity index (χ2v) is 6.00. The molecule has 2 heterocycles. The summed E-state index contributed by atoms with van der Waals surface area (Å²) in [6, 6.07) is 4.30. The van der Waals surface area contributed by atoms with Crippen molar-refractivity contribution >= 4 is 23.6 Å². The molecule has 0 radical (unpaired) electrons. The third-order valence-corrected chi connectivity index (χ3v) is 4.40. The van der Waals surface area contributed by atoms with E-state index in [1.54, 1.807) is 48.7 Å². The number of hydrogen-bond donors (Lipinski definition) is 4. The Morgan fingerprint density at radius 3 is 2.42 bits per heavy atom. The summed E-state index contributed by atoms with van der Waals surface area (Å²) < 4.78 is 0. The Balaban J connectivity index is 2.17. The van der Waals surface area contributed by atoms with Crippen molar-refractivity contribution in [2.75, 3.05) is 5.01 Å². The molecule has 0 aliphatic carbocycles. The number of carboxylic acid groups (broad SMARTS) is 3. The van der Waals surface area contributed by atoms with E-state index in [2.05, 4.69) is 0 Å². The van der Waals surface area contributed by atoms with Crippen LogP contribution < -0.4 is 5.01 Å². The van der Waals surface area contributed by atoms with E-state index in [0.717, 1.165) is 5.01 Å². The smallest absolute Gasteiger partial charge is 0.339 e. The van der Waals surface area contributed by atoms with E-state index in [1.165, 1.54) is 5.01 Å². The standard InChI is InChI=1S/C17H16N2O7/c20-13(21)9-17(26,16(24)25)14(15(22)23)19-12-7-2-1-5-10(12)11-6-3-4-8-18(11)19/h1-8,11,14,26H,9H2,(H,20,21)(H,22,23)(H,24,25). The van der Waals surface area contributed by atoms with Crippen LogP contribution in [0.1, 0.15) is 18.0 Å². The Bertz CT molecular complexity index is 834. The van der Waals surface area contributed by atoms with Gasteiger partial charge in [0.05, 0.1) is 18.2 Å². The van der Waals surface area contributed by atoms with Gasteiger partial charge in [-0.1, -0.05) is 30.4 Å². The zero-order chi connectivity index (χ0) is 19.1. The van der Waals surface area contributed by atoms with Gasteiger partial charge >= 0.3 is 17.9 Å². The van der Waals surface area contributed by atoms with Crippen LogP contribution in [-0.4, -0.2) is 55.0 Å². The Hall–Kier alpha value is -3.33.